The lowest BCUT2D eigenvalue weighted by Crippen LogP contribution is -2.43. The molecule has 6 nitrogen and oxygen atoms in total. The topological polar surface area (TPSA) is 63.9 Å². The second kappa shape index (κ2) is 8.34. The minimum atomic E-state index is -0.192. The van der Waals surface area contributed by atoms with Crippen molar-refractivity contribution in [3.63, 3.8) is 0 Å². The van der Waals surface area contributed by atoms with E-state index < -0.39 is 0 Å². The fourth-order valence-electron chi connectivity index (χ4n) is 3.59. The Labute approximate surface area is 168 Å². The Kier molecular flexibility index (Phi) is 5.66. The van der Waals surface area contributed by atoms with Crippen LogP contribution in [0.15, 0.2) is 40.1 Å². The summed E-state index contributed by atoms with van der Waals surface area (Å²) >= 11 is 1.71. The first-order valence-electron chi connectivity index (χ1n) is 9.38. The van der Waals surface area contributed by atoms with Crippen LogP contribution in [0.3, 0.4) is 0 Å². The van der Waals surface area contributed by atoms with Crippen LogP contribution < -0.4 is 10.1 Å². The van der Waals surface area contributed by atoms with Gasteiger partial charge in [-0.3, -0.25) is 9.69 Å². The Morgan fingerprint density at radius 2 is 2.14 bits per heavy atom. The summed E-state index contributed by atoms with van der Waals surface area (Å²) in [6.07, 6.45) is 0. The molecular formula is C21H24N2O4S. The first kappa shape index (κ1) is 19.0. The Hall–Kier alpha value is -2.35. The van der Waals surface area contributed by atoms with Crippen LogP contribution in [0.1, 0.15) is 27.0 Å². The molecule has 1 fully saturated rings. The summed E-state index contributed by atoms with van der Waals surface area (Å²) in [5.41, 5.74) is 1.51. The number of thiophene rings is 1. The Morgan fingerprint density at radius 3 is 2.86 bits per heavy atom. The van der Waals surface area contributed by atoms with E-state index in [1.165, 1.54) is 4.88 Å². The van der Waals surface area contributed by atoms with E-state index in [1.54, 1.807) is 18.4 Å². The summed E-state index contributed by atoms with van der Waals surface area (Å²) in [5, 5.41) is 6.04. The smallest absolute Gasteiger partial charge is 0.287 e. The third-order valence-electron chi connectivity index (χ3n) is 5.16. The average molecular weight is 401 g/mol. The van der Waals surface area contributed by atoms with Gasteiger partial charge in [0.15, 0.2) is 5.76 Å². The zero-order valence-corrected chi connectivity index (χ0v) is 16.9. The predicted molar refractivity (Wildman–Crippen MR) is 109 cm³/mol. The number of ether oxygens (including phenoxy) is 2. The molecule has 2 aromatic heterocycles. The fourth-order valence-corrected chi connectivity index (χ4v) is 4.45. The summed E-state index contributed by atoms with van der Waals surface area (Å²) in [5.74, 6) is 0.908. The van der Waals surface area contributed by atoms with Crippen LogP contribution in [-0.4, -0.2) is 50.8 Å². The van der Waals surface area contributed by atoms with Crippen molar-refractivity contribution in [3.05, 3.63) is 51.9 Å². The van der Waals surface area contributed by atoms with Gasteiger partial charge in [-0.2, -0.15) is 0 Å². The molecule has 1 N–H and O–H groups in total. The fraction of sp³-hybridized carbons (Fsp3) is 0.381. The average Bonchev–Trinajstić information content (AvgIpc) is 3.37. The van der Waals surface area contributed by atoms with Crippen molar-refractivity contribution < 1.29 is 18.7 Å². The summed E-state index contributed by atoms with van der Waals surface area (Å²) in [4.78, 5) is 16.5. The largest absolute Gasteiger partial charge is 0.497 e. The van der Waals surface area contributed by atoms with Crippen molar-refractivity contribution in [2.45, 2.75) is 13.0 Å². The number of fused-ring (bicyclic) bond motifs is 1. The highest BCUT2D eigenvalue weighted by molar-refractivity contribution is 7.10. The Balaban J connectivity index is 1.52. The third kappa shape index (κ3) is 3.78. The van der Waals surface area contributed by atoms with Crippen molar-refractivity contribution in [2.24, 2.45) is 0 Å². The molecule has 1 aliphatic heterocycles. The van der Waals surface area contributed by atoms with Crippen LogP contribution in [0.25, 0.3) is 11.0 Å². The van der Waals surface area contributed by atoms with Crippen molar-refractivity contribution in [1.29, 1.82) is 0 Å². The lowest BCUT2D eigenvalue weighted by molar-refractivity contribution is 0.0168. The second-order valence-electron chi connectivity index (χ2n) is 6.81. The molecule has 148 valence electrons. The van der Waals surface area contributed by atoms with E-state index in [1.807, 2.05) is 31.2 Å². The van der Waals surface area contributed by atoms with Gasteiger partial charge in [-0.25, -0.2) is 0 Å². The van der Waals surface area contributed by atoms with Gasteiger partial charge < -0.3 is 19.2 Å². The number of carbonyl (C=O) groups excluding carboxylic acids is 1. The molecular weight excluding hydrogens is 376 g/mol. The summed E-state index contributed by atoms with van der Waals surface area (Å²) < 4.78 is 16.6. The molecule has 0 bridgehead atoms. The zero-order chi connectivity index (χ0) is 19.5. The number of rotatable bonds is 6. The molecule has 28 heavy (non-hydrogen) atoms. The highest BCUT2D eigenvalue weighted by Crippen LogP contribution is 2.29. The number of morpholine rings is 1. The van der Waals surface area contributed by atoms with E-state index in [2.05, 4.69) is 21.7 Å². The molecule has 1 amide bonds. The van der Waals surface area contributed by atoms with E-state index >= 15 is 0 Å². The van der Waals surface area contributed by atoms with E-state index in [4.69, 9.17) is 13.9 Å². The number of nitrogens with zero attached hydrogens (tertiary/aromatic N) is 1. The summed E-state index contributed by atoms with van der Waals surface area (Å²) in [6, 6.07) is 9.87. The van der Waals surface area contributed by atoms with E-state index in [0.717, 1.165) is 43.0 Å². The molecule has 1 aromatic carbocycles. The van der Waals surface area contributed by atoms with Crippen LogP contribution in [0.5, 0.6) is 5.75 Å². The number of benzene rings is 1. The molecule has 0 spiro atoms. The highest BCUT2D eigenvalue weighted by Gasteiger charge is 2.25. The summed E-state index contributed by atoms with van der Waals surface area (Å²) in [7, 11) is 1.63. The minimum Gasteiger partial charge on any atom is -0.497 e. The number of hydrogen-bond donors (Lipinski definition) is 1. The number of carbonyl (C=O) groups is 1. The van der Waals surface area contributed by atoms with E-state index in [-0.39, 0.29) is 11.9 Å². The molecule has 3 aromatic rings. The van der Waals surface area contributed by atoms with Crippen LogP contribution in [-0.2, 0) is 4.74 Å². The number of aryl methyl sites for hydroxylation is 1. The lowest BCUT2D eigenvalue weighted by Gasteiger charge is -2.34. The number of hydrogen-bond acceptors (Lipinski definition) is 6. The maximum absolute atomic E-state index is 12.9. The molecule has 1 aliphatic rings. The Bertz CT molecular complexity index is 945. The maximum Gasteiger partial charge on any atom is 0.287 e. The van der Waals surface area contributed by atoms with Gasteiger partial charge in [0.1, 0.15) is 11.3 Å². The Morgan fingerprint density at radius 1 is 1.32 bits per heavy atom. The van der Waals surface area contributed by atoms with Gasteiger partial charge in [0, 0.05) is 35.5 Å². The molecule has 3 heterocycles. The van der Waals surface area contributed by atoms with Gasteiger partial charge in [-0.1, -0.05) is 6.07 Å². The van der Waals surface area contributed by atoms with Gasteiger partial charge in [0.05, 0.1) is 26.4 Å². The monoisotopic (exact) mass is 400 g/mol. The van der Waals surface area contributed by atoms with Gasteiger partial charge in [0.2, 0.25) is 0 Å². The molecule has 4 rings (SSSR count). The maximum atomic E-state index is 12.9. The predicted octanol–water partition coefficient (Wildman–Crippen LogP) is 3.61. The van der Waals surface area contributed by atoms with Gasteiger partial charge in [0.25, 0.3) is 5.91 Å². The number of nitrogens with one attached hydrogen (secondary N) is 1. The van der Waals surface area contributed by atoms with Crippen LogP contribution in [0, 0.1) is 6.92 Å². The third-order valence-corrected chi connectivity index (χ3v) is 6.14. The number of methoxy groups -OCH3 is 1. The molecule has 0 aliphatic carbocycles. The molecule has 1 saturated heterocycles. The first-order chi connectivity index (χ1) is 13.7. The quantitative estimate of drug-likeness (QED) is 0.685. The van der Waals surface area contributed by atoms with Crippen LogP contribution >= 0.6 is 11.3 Å². The standard InChI is InChI=1S/C21H24N2O4S/c1-14-16-12-15(25-2)5-6-18(16)27-20(14)21(24)22-13-17(19-4-3-11-28-19)23-7-9-26-10-8-23/h3-6,11-12,17H,7-10,13H2,1-2H3,(H,22,24)/t17-/m0/s1. The summed E-state index contributed by atoms with van der Waals surface area (Å²) in [6.45, 7) is 5.60. The van der Waals surface area contributed by atoms with Crippen molar-refractivity contribution in [1.82, 2.24) is 10.2 Å². The molecule has 1 atom stereocenters. The molecule has 7 heteroatoms. The van der Waals surface area contributed by atoms with Crippen LogP contribution in [0.2, 0.25) is 0 Å². The minimum absolute atomic E-state index is 0.137. The SMILES string of the molecule is COc1ccc2oc(C(=O)NC[C@@H](c3cccs3)N3CCOCC3)c(C)c2c1. The number of amides is 1. The van der Waals surface area contributed by atoms with Gasteiger partial charge in [-0.15, -0.1) is 11.3 Å². The van der Waals surface area contributed by atoms with Gasteiger partial charge in [-0.05, 0) is 36.6 Å². The number of furan rings is 1. The van der Waals surface area contributed by atoms with Crippen molar-refractivity contribution in [3.8, 4) is 5.75 Å². The lowest BCUT2D eigenvalue weighted by atomic mass is 10.1. The van der Waals surface area contributed by atoms with Crippen LogP contribution in [0.4, 0.5) is 0 Å². The molecule has 0 saturated carbocycles. The van der Waals surface area contributed by atoms with Crippen molar-refractivity contribution >= 4 is 28.2 Å². The molecule has 0 radical (unpaired) electrons. The van der Waals surface area contributed by atoms with E-state index in [0.29, 0.717) is 17.9 Å². The molecule has 0 unspecified atom stereocenters. The second-order valence-corrected chi connectivity index (χ2v) is 7.79. The first-order valence-corrected chi connectivity index (χ1v) is 10.3. The highest BCUT2D eigenvalue weighted by atomic mass is 32.1. The van der Waals surface area contributed by atoms with E-state index in [9.17, 15) is 4.79 Å². The normalized spacial score (nSPS) is 16.2. The van der Waals surface area contributed by atoms with Crippen molar-refractivity contribution in [2.75, 3.05) is 40.0 Å². The zero-order valence-electron chi connectivity index (χ0n) is 16.1. The van der Waals surface area contributed by atoms with Gasteiger partial charge >= 0.3 is 0 Å².